The van der Waals surface area contributed by atoms with Crippen LogP contribution >= 0.6 is 11.3 Å². The van der Waals surface area contributed by atoms with Gasteiger partial charge in [-0.1, -0.05) is 60.7 Å². The highest BCUT2D eigenvalue weighted by molar-refractivity contribution is 7.82. The fourth-order valence-corrected chi connectivity index (χ4v) is 3.97. The Kier molecular flexibility index (Phi) is 6.36. The molecule has 0 fully saturated rings. The smallest absolute Gasteiger partial charge is 0.282 e. The summed E-state index contributed by atoms with van der Waals surface area (Å²) in [6.07, 6.45) is 1.43. The molecule has 0 aliphatic carbocycles. The van der Waals surface area contributed by atoms with Crippen molar-refractivity contribution < 1.29 is 9.00 Å². The number of hydrogen-bond donors (Lipinski definition) is 1. The molecule has 7 heteroatoms. The third kappa shape index (κ3) is 5.24. The molecule has 1 unspecified atom stereocenters. The maximum Gasteiger partial charge on any atom is 0.282 e. The fraction of sp³-hybridized carbons (Fsp3) is 0.200. The van der Waals surface area contributed by atoms with Crippen molar-refractivity contribution in [3.05, 3.63) is 82.4 Å². The van der Waals surface area contributed by atoms with Gasteiger partial charge in [0.15, 0.2) is 5.13 Å². The molecule has 140 valence electrons. The number of carbonyl (C=O) groups excluding carboxylic acids is 1. The van der Waals surface area contributed by atoms with E-state index < -0.39 is 16.9 Å². The van der Waals surface area contributed by atoms with E-state index in [1.807, 2.05) is 43.3 Å². The number of aryl methyl sites for hydroxylation is 1. The monoisotopic (exact) mass is 399 g/mol. The molecular formula is C20H21N3O2S2. The molecular weight excluding hydrogens is 378 g/mol. The lowest BCUT2D eigenvalue weighted by Gasteiger charge is -2.22. The van der Waals surface area contributed by atoms with E-state index >= 15 is 0 Å². The van der Waals surface area contributed by atoms with Crippen LogP contribution in [-0.2, 0) is 24.1 Å². The minimum atomic E-state index is -1.42. The lowest BCUT2D eigenvalue weighted by Crippen LogP contribution is -2.26. The number of hydrogen-bond acceptors (Lipinski definition) is 5. The third-order valence-corrected chi connectivity index (χ3v) is 5.44. The molecule has 1 aromatic heterocycles. The highest BCUT2D eigenvalue weighted by Crippen LogP contribution is 2.28. The minimum Gasteiger partial charge on any atom is -0.339 e. The first-order valence-corrected chi connectivity index (χ1v) is 10.8. The molecule has 1 amide bonds. The Morgan fingerprint density at radius 1 is 1.04 bits per heavy atom. The highest BCUT2D eigenvalue weighted by Gasteiger charge is 2.20. The summed E-state index contributed by atoms with van der Waals surface area (Å²) in [5, 5.41) is 0.771. The quantitative estimate of drug-likeness (QED) is 0.658. The molecule has 0 aliphatic rings. The molecule has 3 rings (SSSR count). The van der Waals surface area contributed by atoms with E-state index in [9.17, 15) is 9.00 Å². The van der Waals surface area contributed by atoms with Gasteiger partial charge in [-0.3, -0.25) is 9.52 Å². The molecule has 3 aromatic rings. The van der Waals surface area contributed by atoms with Crippen molar-refractivity contribution in [3.63, 3.8) is 0 Å². The number of benzene rings is 2. The van der Waals surface area contributed by atoms with Crippen molar-refractivity contribution in [2.24, 2.45) is 0 Å². The Labute approximate surface area is 165 Å². The number of rotatable bonds is 7. The molecule has 27 heavy (non-hydrogen) atoms. The molecule has 0 bridgehead atoms. The summed E-state index contributed by atoms with van der Waals surface area (Å²) in [6, 6.07) is 20.3. The molecule has 0 radical (unpaired) electrons. The van der Waals surface area contributed by atoms with E-state index in [0.29, 0.717) is 18.8 Å². The molecule has 5 nitrogen and oxygen atoms in total. The first-order chi connectivity index (χ1) is 13.0. The van der Waals surface area contributed by atoms with Gasteiger partial charge in [0.2, 0.25) is 0 Å². The van der Waals surface area contributed by atoms with Crippen LogP contribution in [0.25, 0.3) is 0 Å². The Morgan fingerprint density at radius 3 is 2.04 bits per heavy atom. The summed E-state index contributed by atoms with van der Waals surface area (Å²) in [4.78, 5) is 19.8. The van der Waals surface area contributed by atoms with Gasteiger partial charge in [0.1, 0.15) is 16.7 Å². The fourth-order valence-electron chi connectivity index (χ4n) is 2.71. The van der Waals surface area contributed by atoms with Crippen molar-refractivity contribution in [3.8, 4) is 0 Å². The third-order valence-electron chi connectivity index (χ3n) is 3.94. The number of nitrogens with one attached hydrogen (secondary N) is 1. The zero-order valence-electron chi connectivity index (χ0n) is 15.2. The average Bonchev–Trinajstić information content (AvgIpc) is 3.04. The average molecular weight is 400 g/mol. The van der Waals surface area contributed by atoms with E-state index in [4.69, 9.17) is 0 Å². The van der Waals surface area contributed by atoms with Gasteiger partial charge >= 0.3 is 0 Å². The maximum atomic E-state index is 12.2. The number of thiazole rings is 1. The molecule has 1 atom stereocenters. The van der Waals surface area contributed by atoms with Gasteiger partial charge in [0.25, 0.3) is 5.91 Å². The van der Waals surface area contributed by atoms with Crippen LogP contribution in [0.1, 0.15) is 26.5 Å². The molecule has 1 heterocycles. The number of nitrogens with zero attached hydrogens (tertiary/aromatic N) is 2. The molecule has 1 N–H and O–H groups in total. The van der Waals surface area contributed by atoms with Gasteiger partial charge in [0.05, 0.1) is 0 Å². The number of anilines is 1. The van der Waals surface area contributed by atoms with Gasteiger partial charge in [0, 0.05) is 24.2 Å². The number of amides is 1. The largest absolute Gasteiger partial charge is 0.339 e. The Balaban J connectivity index is 1.90. The Bertz CT molecular complexity index is 885. The van der Waals surface area contributed by atoms with Crippen molar-refractivity contribution in [2.75, 3.05) is 11.2 Å². The lowest BCUT2D eigenvalue weighted by molar-refractivity contribution is 0.0978. The summed E-state index contributed by atoms with van der Waals surface area (Å²) in [5.74, 6) is -0.407. The molecule has 0 aliphatic heterocycles. The van der Waals surface area contributed by atoms with E-state index in [-0.39, 0.29) is 0 Å². The summed E-state index contributed by atoms with van der Waals surface area (Å²) < 4.78 is 13.7. The van der Waals surface area contributed by atoms with Gasteiger partial charge in [-0.25, -0.2) is 9.19 Å². The second-order valence-electron chi connectivity index (χ2n) is 6.11. The number of carbonyl (C=O) groups is 1. The van der Waals surface area contributed by atoms with E-state index in [1.54, 1.807) is 0 Å². The standard InChI is InChI=1S/C20H21N3O2S2/c1-15-18(19(24)22-27(2)25)21-20(26-15)23(13-16-9-5-3-6-10-16)14-17-11-7-4-8-12-17/h3-12H,13-14H2,1-2H3,(H,22,24). The second kappa shape index (κ2) is 8.92. The molecule has 0 saturated heterocycles. The van der Waals surface area contributed by atoms with Crippen molar-refractivity contribution >= 4 is 33.4 Å². The second-order valence-corrected chi connectivity index (χ2v) is 8.41. The zero-order valence-corrected chi connectivity index (χ0v) is 16.8. The first kappa shape index (κ1) is 19.3. The van der Waals surface area contributed by atoms with E-state index in [0.717, 1.165) is 10.0 Å². The SMILES string of the molecule is Cc1sc(N(Cc2ccccc2)Cc2ccccc2)nc1C(=O)NS(C)=O. The van der Waals surface area contributed by atoms with Crippen molar-refractivity contribution in [1.82, 2.24) is 9.71 Å². The van der Waals surface area contributed by atoms with Crippen LogP contribution in [-0.4, -0.2) is 21.4 Å². The van der Waals surface area contributed by atoms with Crippen LogP contribution in [0.2, 0.25) is 0 Å². The maximum absolute atomic E-state index is 12.2. The van der Waals surface area contributed by atoms with Crippen LogP contribution in [0, 0.1) is 6.92 Å². The molecule has 0 spiro atoms. The number of aromatic nitrogens is 1. The van der Waals surface area contributed by atoms with Gasteiger partial charge in [-0.2, -0.15) is 0 Å². The van der Waals surface area contributed by atoms with Gasteiger partial charge in [-0.15, -0.1) is 11.3 Å². The predicted octanol–water partition coefficient (Wildman–Crippen LogP) is 3.68. The summed E-state index contributed by atoms with van der Waals surface area (Å²) in [6.45, 7) is 3.23. The lowest BCUT2D eigenvalue weighted by atomic mass is 10.2. The van der Waals surface area contributed by atoms with Gasteiger partial charge in [-0.05, 0) is 18.1 Å². The highest BCUT2D eigenvalue weighted by atomic mass is 32.2. The van der Waals surface area contributed by atoms with Crippen molar-refractivity contribution in [2.45, 2.75) is 20.0 Å². The first-order valence-electron chi connectivity index (χ1n) is 8.47. The topological polar surface area (TPSA) is 62.3 Å². The van der Waals surface area contributed by atoms with Crippen molar-refractivity contribution in [1.29, 1.82) is 0 Å². The predicted molar refractivity (Wildman–Crippen MR) is 111 cm³/mol. The van der Waals surface area contributed by atoms with Crippen LogP contribution in [0.3, 0.4) is 0 Å². The Morgan fingerprint density at radius 2 is 1.56 bits per heavy atom. The van der Waals surface area contributed by atoms with Crippen LogP contribution in [0.15, 0.2) is 60.7 Å². The van der Waals surface area contributed by atoms with Crippen LogP contribution in [0.4, 0.5) is 5.13 Å². The van der Waals surface area contributed by atoms with Crippen LogP contribution in [0.5, 0.6) is 0 Å². The summed E-state index contributed by atoms with van der Waals surface area (Å²) in [5.41, 5.74) is 2.67. The summed E-state index contributed by atoms with van der Waals surface area (Å²) in [7, 11) is -1.42. The minimum absolute atomic E-state index is 0.330. The Hall–Kier alpha value is -2.51. The summed E-state index contributed by atoms with van der Waals surface area (Å²) >= 11 is 1.47. The van der Waals surface area contributed by atoms with E-state index in [1.165, 1.54) is 28.7 Å². The molecule has 0 saturated carbocycles. The van der Waals surface area contributed by atoms with E-state index in [2.05, 4.69) is 38.9 Å². The van der Waals surface area contributed by atoms with Gasteiger partial charge < -0.3 is 4.90 Å². The zero-order chi connectivity index (χ0) is 19.2. The van der Waals surface area contributed by atoms with Crippen LogP contribution < -0.4 is 9.62 Å². The normalized spacial score (nSPS) is 11.8. The molecule has 2 aromatic carbocycles.